The van der Waals surface area contributed by atoms with Crippen LogP contribution in [0, 0.1) is 5.92 Å². The van der Waals surface area contributed by atoms with E-state index in [1.165, 1.54) is 6.42 Å². The van der Waals surface area contributed by atoms with Gasteiger partial charge in [0.15, 0.2) is 0 Å². The summed E-state index contributed by atoms with van der Waals surface area (Å²) in [6, 6.07) is 3.87. The van der Waals surface area contributed by atoms with Crippen molar-refractivity contribution in [3.8, 4) is 5.75 Å². The van der Waals surface area contributed by atoms with Gasteiger partial charge in [0.2, 0.25) is 0 Å². The number of benzene rings is 1. The molecule has 0 heterocycles. The Balaban J connectivity index is 2.49. The highest BCUT2D eigenvalue weighted by Gasteiger charge is 2.05. The van der Waals surface area contributed by atoms with Crippen LogP contribution >= 0.6 is 31.9 Å². The van der Waals surface area contributed by atoms with Crippen LogP contribution in [0.3, 0.4) is 0 Å². The lowest BCUT2D eigenvalue weighted by Gasteiger charge is -2.09. The van der Waals surface area contributed by atoms with E-state index in [4.69, 9.17) is 0 Å². The van der Waals surface area contributed by atoms with E-state index in [9.17, 15) is 5.11 Å². The van der Waals surface area contributed by atoms with E-state index in [1.807, 2.05) is 12.1 Å². The summed E-state index contributed by atoms with van der Waals surface area (Å²) in [6.07, 6.45) is 1.18. The third kappa shape index (κ3) is 4.44. The number of hydrogen-bond acceptors (Lipinski definition) is 2. The molecule has 0 fully saturated rings. The smallest absolute Gasteiger partial charge is 0.143 e. The number of phenols is 1. The quantitative estimate of drug-likeness (QED) is 0.785. The molecule has 1 aromatic rings. The Bertz CT molecular complexity index is 330. The molecule has 0 bridgehead atoms. The van der Waals surface area contributed by atoms with Crippen LogP contribution in [-0.2, 0) is 6.54 Å². The Kier molecular flexibility index (Phi) is 5.79. The van der Waals surface area contributed by atoms with Crippen LogP contribution in [-0.4, -0.2) is 11.7 Å². The molecule has 0 aliphatic carbocycles. The number of rotatable bonds is 5. The fourth-order valence-corrected chi connectivity index (χ4v) is 2.62. The van der Waals surface area contributed by atoms with E-state index in [0.29, 0.717) is 0 Å². The van der Waals surface area contributed by atoms with Crippen molar-refractivity contribution < 1.29 is 5.11 Å². The average molecular weight is 351 g/mol. The van der Waals surface area contributed by atoms with Crippen LogP contribution < -0.4 is 5.32 Å². The molecule has 0 aliphatic rings. The van der Waals surface area contributed by atoms with Crippen LogP contribution in [0.15, 0.2) is 21.1 Å². The van der Waals surface area contributed by atoms with Gasteiger partial charge in [-0.25, -0.2) is 0 Å². The van der Waals surface area contributed by atoms with Crippen LogP contribution in [0.25, 0.3) is 0 Å². The number of halogens is 2. The normalized spacial score (nSPS) is 11.1. The van der Waals surface area contributed by atoms with E-state index >= 15 is 0 Å². The Labute approximate surface area is 114 Å². The molecule has 0 atom stereocenters. The molecule has 16 heavy (non-hydrogen) atoms. The van der Waals surface area contributed by atoms with Crippen molar-refractivity contribution in [2.75, 3.05) is 6.54 Å². The van der Waals surface area contributed by atoms with Crippen LogP contribution in [0.5, 0.6) is 5.75 Å². The van der Waals surface area contributed by atoms with Gasteiger partial charge >= 0.3 is 0 Å². The first kappa shape index (κ1) is 14.0. The monoisotopic (exact) mass is 349 g/mol. The molecule has 0 saturated carbocycles. The molecule has 2 nitrogen and oxygen atoms in total. The Morgan fingerprint density at radius 1 is 1.25 bits per heavy atom. The lowest BCUT2D eigenvalue weighted by molar-refractivity contribution is 0.468. The summed E-state index contributed by atoms with van der Waals surface area (Å²) >= 11 is 6.64. The SMILES string of the molecule is CC(C)CCNCc1cc(Br)c(O)c(Br)c1. The molecule has 0 unspecified atom stereocenters. The third-order valence-electron chi connectivity index (χ3n) is 2.30. The van der Waals surface area contributed by atoms with Crippen molar-refractivity contribution in [2.24, 2.45) is 5.92 Å². The summed E-state index contributed by atoms with van der Waals surface area (Å²) in [4.78, 5) is 0. The highest BCUT2D eigenvalue weighted by molar-refractivity contribution is 9.11. The highest BCUT2D eigenvalue weighted by Crippen LogP contribution is 2.33. The van der Waals surface area contributed by atoms with Gasteiger partial charge in [0, 0.05) is 6.54 Å². The van der Waals surface area contributed by atoms with Crippen LogP contribution in [0.2, 0.25) is 0 Å². The standard InChI is InChI=1S/C12H17Br2NO/c1-8(2)3-4-15-7-9-5-10(13)12(16)11(14)6-9/h5-6,8,15-16H,3-4,7H2,1-2H3. The van der Waals surface area contributed by atoms with Gasteiger partial charge in [-0.1, -0.05) is 13.8 Å². The van der Waals surface area contributed by atoms with Crippen molar-refractivity contribution in [1.82, 2.24) is 5.32 Å². The zero-order chi connectivity index (χ0) is 12.1. The molecule has 0 saturated heterocycles. The van der Waals surface area contributed by atoms with Crippen molar-refractivity contribution in [3.63, 3.8) is 0 Å². The van der Waals surface area contributed by atoms with Gasteiger partial charge in [0.1, 0.15) is 5.75 Å². The minimum Gasteiger partial charge on any atom is -0.506 e. The predicted molar refractivity (Wildman–Crippen MR) is 74.7 cm³/mol. The zero-order valence-corrected chi connectivity index (χ0v) is 12.7. The largest absolute Gasteiger partial charge is 0.506 e. The summed E-state index contributed by atoms with van der Waals surface area (Å²) in [6.45, 7) is 6.28. The molecule has 90 valence electrons. The maximum absolute atomic E-state index is 9.56. The minimum absolute atomic E-state index is 0.255. The van der Waals surface area contributed by atoms with Crippen LogP contribution in [0.1, 0.15) is 25.8 Å². The fourth-order valence-electron chi connectivity index (χ4n) is 1.34. The van der Waals surface area contributed by atoms with Gasteiger partial charge in [-0.05, 0) is 68.4 Å². The molecule has 0 aromatic heterocycles. The minimum atomic E-state index is 0.255. The first-order chi connectivity index (χ1) is 7.50. The first-order valence-electron chi connectivity index (χ1n) is 5.38. The van der Waals surface area contributed by atoms with Gasteiger partial charge < -0.3 is 10.4 Å². The zero-order valence-electron chi connectivity index (χ0n) is 9.56. The number of hydrogen-bond donors (Lipinski definition) is 2. The maximum atomic E-state index is 9.56. The second-order valence-electron chi connectivity index (χ2n) is 4.27. The molecular weight excluding hydrogens is 334 g/mol. The second kappa shape index (κ2) is 6.62. The number of aromatic hydroxyl groups is 1. The Morgan fingerprint density at radius 3 is 2.31 bits per heavy atom. The molecule has 0 radical (unpaired) electrons. The lowest BCUT2D eigenvalue weighted by Crippen LogP contribution is -2.16. The fraction of sp³-hybridized carbons (Fsp3) is 0.500. The highest BCUT2D eigenvalue weighted by atomic mass is 79.9. The molecule has 0 amide bonds. The van der Waals surface area contributed by atoms with Gasteiger partial charge in [-0.2, -0.15) is 0 Å². The molecule has 1 aromatic carbocycles. The topological polar surface area (TPSA) is 32.3 Å². The van der Waals surface area contributed by atoms with E-state index in [1.54, 1.807) is 0 Å². The number of nitrogens with one attached hydrogen (secondary N) is 1. The van der Waals surface area contributed by atoms with E-state index in [-0.39, 0.29) is 5.75 Å². The summed E-state index contributed by atoms with van der Waals surface area (Å²) < 4.78 is 1.45. The Hall–Kier alpha value is -0.0600. The van der Waals surface area contributed by atoms with Crippen molar-refractivity contribution >= 4 is 31.9 Å². The van der Waals surface area contributed by atoms with E-state index in [0.717, 1.165) is 33.5 Å². The predicted octanol–water partition coefficient (Wildman–Crippen LogP) is 4.05. The summed E-state index contributed by atoms with van der Waals surface area (Å²) in [5.41, 5.74) is 1.15. The van der Waals surface area contributed by atoms with Crippen LogP contribution in [0.4, 0.5) is 0 Å². The van der Waals surface area contributed by atoms with Gasteiger partial charge in [0.25, 0.3) is 0 Å². The van der Waals surface area contributed by atoms with Gasteiger partial charge in [0.05, 0.1) is 8.95 Å². The van der Waals surface area contributed by atoms with Gasteiger partial charge in [-0.15, -0.1) is 0 Å². The lowest BCUT2D eigenvalue weighted by atomic mass is 10.1. The summed E-state index contributed by atoms with van der Waals surface area (Å²) in [5, 5.41) is 12.9. The summed E-state index contributed by atoms with van der Waals surface area (Å²) in [5.74, 6) is 0.983. The van der Waals surface area contributed by atoms with E-state index < -0.39 is 0 Å². The average Bonchev–Trinajstić information content (AvgIpc) is 2.20. The second-order valence-corrected chi connectivity index (χ2v) is 5.98. The third-order valence-corrected chi connectivity index (χ3v) is 3.51. The van der Waals surface area contributed by atoms with Crippen molar-refractivity contribution in [2.45, 2.75) is 26.8 Å². The molecule has 1 rings (SSSR count). The van der Waals surface area contributed by atoms with Gasteiger partial charge in [-0.3, -0.25) is 0 Å². The van der Waals surface area contributed by atoms with E-state index in [2.05, 4.69) is 51.0 Å². The molecule has 0 aliphatic heterocycles. The molecule has 4 heteroatoms. The van der Waals surface area contributed by atoms with Crippen molar-refractivity contribution in [3.05, 3.63) is 26.6 Å². The molecule has 0 spiro atoms. The Morgan fingerprint density at radius 2 is 1.81 bits per heavy atom. The maximum Gasteiger partial charge on any atom is 0.143 e. The molecular formula is C12H17Br2NO. The number of phenolic OH excluding ortho intramolecular Hbond substituents is 1. The molecule has 2 N–H and O–H groups in total. The summed E-state index contributed by atoms with van der Waals surface area (Å²) in [7, 11) is 0. The van der Waals surface area contributed by atoms with Crippen molar-refractivity contribution in [1.29, 1.82) is 0 Å². The first-order valence-corrected chi connectivity index (χ1v) is 6.97.